The first-order valence-corrected chi connectivity index (χ1v) is 7.74. The normalized spacial score (nSPS) is 19.5. The maximum absolute atomic E-state index is 12.7. The average Bonchev–Trinajstić information content (AvgIpc) is 2.74. The molecule has 0 aromatic heterocycles. The first kappa shape index (κ1) is 19.0. The molecule has 3 amide bonds. The van der Waals surface area contributed by atoms with Crippen molar-refractivity contribution in [1.82, 2.24) is 15.3 Å². The Balaban J connectivity index is 2.28. The van der Waals surface area contributed by atoms with Gasteiger partial charge in [-0.25, -0.2) is 10.3 Å². The number of nitrogens with one attached hydrogen (secondary N) is 1. The summed E-state index contributed by atoms with van der Waals surface area (Å²) < 4.78 is 10.6. The van der Waals surface area contributed by atoms with E-state index in [4.69, 9.17) is 14.7 Å². The number of hydrogen-bond donors (Lipinski definition) is 3. The number of ether oxygens (including phenoxy) is 2. The number of nitrogens with zero attached hydrogens (tertiary/aromatic N) is 2. The van der Waals surface area contributed by atoms with Gasteiger partial charge in [-0.3, -0.25) is 14.9 Å². The van der Waals surface area contributed by atoms with Gasteiger partial charge in [0.2, 0.25) is 0 Å². The van der Waals surface area contributed by atoms with Crippen LogP contribution in [-0.4, -0.2) is 71.7 Å². The molecular weight excluding hydrogens is 330 g/mol. The molecule has 0 unspecified atom stereocenters. The van der Waals surface area contributed by atoms with Gasteiger partial charge in [0.25, 0.3) is 5.91 Å². The molecule has 9 nitrogen and oxygen atoms in total. The van der Waals surface area contributed by atoms with Crippen molar-refractivity contribution < 1.29 is 29.4 Å². The topological polar surface area (TPSA) is 112 Å². The van der Waals surface area contributed by atoms with Crippen LogP contribution < -0.4 is 10.2 Å². The van der Waals surface area contributed by atoms with Gasteiger partial charge in [0, 0.05) is 31.8 Å². The van der Waals surface area contributed by atoms with Crippen molar-refractivity contribution in [2.24, 2.45) is 0 Å². The monoisotopic (exact) mass is 353 g/mol. The Kier molecular flexibility index (Phi) is 5.83. The number of amides is 3. The van der Waals surface area contributed by atoms with E-state index in [-0.39, 0.29) is 24.7 Å². The highest BCUT2D eigenvalue weighted by molar-refractivity contribution is 5.93. The van der Waals surface area contributed by atoms with Crippen LogP contribution in [0, 0.1) is 0 Å². The van der Waals surface area contributed by atoms with Crippen molar-refractivity contribution in [3.05, 3.63) is 29.3 Å². The van der Waals surface area contributed by atoms with Gasteiger partial charge in [-0.1, -0.05) is 6.07 Å². The first-order chi connectivity index (χ1) is 11.8. The number of methoxy groups -OCH3 is 1. The van der Waals surface area contributed by atoms with Gasteiger partial charge in [-0.15, -0.1) is 0 Å². The van der Waals surface area contributed by atoms with E-state index >= 15 is 0 Å². The Hall–Kier alpha value is -2.36. The fraction of sp³-hybridized carbons (Fsp3) is 0.500. The van der Waals surface area contributed by atoms with Crippen LogP contribution in [0.25, 0.3) is 0 Å². The third-order valence-electron chi connectivity index (χ3n) is 4.03. The Labute approximate surface area is 145 Å². The predicted molar refractivity (Wildman–Crippen MR) is 87.3 cm³/mol. The third kappa shape index (κ3) is 4.19. The number of hydroxylamine groups is 1. The smallest absolute Gasteiger partial charge is 0.322 e. The lowest BCUT2D eigenvalue weighted by Gasteiger charge is -2.36. The van der Waals surface area contributed by atoms with Crippen LogP contribution in [0.1, 0.15) is 22.8 Å². The standard InChI is InChI=1S/C16H23N3O6/c1-16(22)10-25-13-8-11(14(20)17-23)4-5-12(13)9-19(16)15(21)18(2)6-7-24-3/h4-5,8,22-23H,6-7,9-10H2,1-3H3,(H,17,20)/t16-/m0/s1. The molecule has 0 aliphatic carbocycles. The van der Waals surface area contributed by atoms with Gasteiger partial charge in [-0.05, 0) is 19.1 Å². The van der Waals surface area contributed by atoms with Gasteiger partial charge in [0.15, 0.2) is 5.72 Å². The van der Waals surface area contributed by atoms with Gasteiger partial charge in [0.05, 0.1) is 13.2 Å². The molecule has 9 heteroatoms. The molecule has 0 saturated carbocycles. The number of hydrogen-bond acceptors (Lipinski definition) is 6. The summed E-state index contributed by atoms with van der Waals surface area (Å²) in [6.07, 6.45) is 0. The second-order valence-corrected chi connectivity index (χ2v) is 6.05. The van der Waals surface area contributed by atoms with Crippen molar-refractivity contribution in [3.63, 3.8) is 0 Å². The van der Waals surface area contributed by atoms with Crippen LogP contribution >= 0.6 is 0 Å². The molecular formula is C16H23N3O6. The lowest BCUT2D eigenvalue weighted by Crippen LogP contribution is -2.55. The molecule has 25 heavy (non-hydrogen) atoms. The maximum atomic E-state index is 12.7. The van der Waals surface area contributed by atoms with Gasteiger partial charge >= 0.3 is 6.03 Å². The zero-order valence-electron chi connectivity index (χ0n) is 14.5. The van der Waals surface area contributed by atoms with E-state index in [0.29, 0.717) is 24.5 Å². The van der Waals surface area contributed by atoms with Gasteiger partial charge < -0.3 is 19.5 Å². The lowest BCUT2D eigenvalue weighted by atomic mass is 10.1. The van der Waals surface area contributed by atoms with Crippen LogP contribution in [0.4, 0.5) is 4.79 Å². The minimum Gasteiger partial charge on any atom is -0.488 e. The van der Waals surface area contributed by atoms with Gasteiger partial charge in [-0.2, -0.15) is 0 Å². The maximum Gasteiger partial charge on any atom is 0.322 e. The number of fused-ring (bicyclic) bond motifs is 1. The van der Waals surface area contributed by atoms with Crippen LogP contribution in [0.5, 0.6) is 5.75 Å². The molecule has 0 saturated heterocycles. The van der Waals surface area contributed by atoms with Crippen LogP contribution in [0.15, 0.2) is 18.2 Å². The first-order valence-electron chi connectivity index (χ1n) is 7.74. The Morgan fingerprint density at radius 1 is 1.48 bits per heavy atom. The van der Waals surface area contributed by atoms with Crippen molar-refractivity contribution in [3.8, 4) is 5.75 Å². The summed E-state index contributed by atoms with van der Waals surface area (Å²) >= 11 is 0. The van der Waals surface area contributed by atoms with E-state index in [1.165, 1.54) is 28.9 Å². The summed E-state index contributed by atoms with van der Waals surface area (Å²) in [5, 5.41) is 19.4. The van der Waals surface area contributed by atoms with E-state index in [1.807, 2.05) is 0 Å². The molecule has 1 heterocycles. The number of aliphatic hydroxyl groups is 1. The summed E-state index contributed by atoms with van der Waals surface area (Å²) in [6.45, 7) is 2.20. The second kappa shape index (κ2) is 7.68. The summed E-state index contributed by atoms with van der Waals surface area (Å²) in [7, 11) is 3.17. The fourth-order valence-corrected chi connectivity index (χ4v) is 2.46. The van der Waals surface area contributed by atoms with E-state index in [9.17, 15) is 14.7 Å². The minimum atomic E-state index is -1.53. The summed E-state index contributed by atoms with van der Waals surface area (Å²) in [4.78, 5) is 27.0. The number of urea groups is 1. The molecule has 0 radical (unpaired) electrons. The molecule has 0 bridgehead atoms. The number of carbonyl (C=O) groups excluding carboxylic acids is 2. The minimum absolute atomic E-state index is 0.111. The Bertz CT molecular complexity index is 649. The summed E-state index contributed by atoms with van der Waals surface area (Å²) in [6, 6.07) is 4.22. The molecule has 2 rings (SSSR count). The molecule has 0 fully saturated rings. The molecule has 3 N–H and O–H groups in total. The molecule has 1 aliphatic rings. The molecule has 1 atom stereocenters. The summed E-state index contributed by atoms with van der Waals surface area (Å²) in [5.74, 6) is -0.300. The van der Waals surface area contributed by atoms with E-state index in [0.717, 1.165) is 0 Å². The lowest BCUT2D eigenvalue weighted by molar-refractivity contribution is -0.0964. The number of likely N-dealkylation sites (N-methyl/N-ethyl adjacent to an activating group) is 1. The van der Waals surface area contributed by atoms with Crippen molar-refractivity contribution in [2.75, 3.05) is 33.9 Å². The van der Waals surface area contributed by atoms with Crippen LogP contribution in [0.3, 0.4) is 0 Å². The zero-order valence-corrected chi connectivity index (χ0v) is 14.5. The molecule has 1 aliphatic heterocycles. The Morgan fingerprint density at radius 3 is 2.84 bits per heavy atom. The Morgan fingerprint density at radius 2 is 2.20 bits per heavy atom. The van der Waals surface area contributed by atoms with Crippen molar-refractivity contribution >= 4 is 11.9 Å². The third-order valence-corrected chi connectivity index (χ3v) is 4.03. The van der Waals surface area contributed by atoms with Crippen molar-refractivity contribution in [1.29, 1.82) is 0 Å². The zero-order chi connectivity index (χ0) is 18.6. The molecule has 0 spiro atoms. The van der Waals surface area contributed by atoms with E-state index in [2.05, 4.69) is 0 Å². The molecule has 1 aromatic carbocycles. The predicted octanol–water partition coefficient (Wildman–Crippen LogP) is 0.407. The second-order valence-electron chi connectivity index (χ2n) is 6.05. The summed E-state index contributed by atoms with van der Waals surface area (Å²) in [5.41, 5.74) is 0.870. The number of carbonyl (C=O) groups is 2. The van der Waals surface area contributed by atoms with Gasteiger partial charge in [0.1, 0.15) is 12.4 Å². The highest BCUT2D eigenvalue weighted by Crippen LogP contribution is 2.30. The van der Waals surface area contributed by atoms with Crippen molar-refractivity contribution in [2.45, 2.75) is 19.2 Å². The van der Waals surface area contributed by atoms with Crippen LogP contribution in [0.2, 0.25) is 0 Å². The number of benzene rings is 1. The highest BCUT2D eigenvalue weighted by atomic mass is 16.5. The van der Waals surface area contributed by atoms with Crippen LogP contribution in [-0.2, 0) is 11.3 Å². The SMILES string of the molecule is COCCN(C)C(=O)N1Cc2ccc(C(=O)NO)cc2OC[C@]1(C)O. The van der Waals surface area contributed by atoms with E-state index in [1.54, 1.807) is 25.7 Å². The quantitative estimate of drug-likeness (QED) is 0.534. The highest BCUT2D eigenvalue weighted by Gasteiger charge is 2.38. The molecule has 138 valence electrons. The van der Waals surface area contributed by atoms with E-state index < -0.39 is 11.6 Å². The number of rotatable bonds is 4. The fourth-order valence-electron chi connectivity index (χ4n) is 2.46. The largest absolute Gasteiger partial charge is 0.488 e. The molecule has 1 aromatic rings. The average molecular weight is 353 g/mol.